The molecule has 0 aromatic carbocycles. The van der Waals surface area contributed by atoms with Crippen LogP contribution in [0.1, 0.15) is 0 Å². The highest BCUT2D eigenvalue weighted by Crippen LogP contribution is 2.51. The molecule has 0 unspecified atom stereocenters. The van der Waals surface area contributed by atoms with Crippen molar-refractivity contribution in [2.45, 2.75) is 0 Å². The van der Waals surface area contributed by atoms with Crippen molar-refractivity contribution in [2.75, 3.05) is 69.5 Å². The van der Waals surface area contributed by atoms with E-state index in [4.69, 9.17) is 0 Å². The zero-order valence-corrected chi connectivity index (χ0v) is 15.5. The molecule has 0 aliphatic carbocycles. The zero-order valence-electron chi connectivity index (χ0n) is 12.4. The van der Waals surface area contributed by atoms with Crippen LogP contribution in [0.2, 0.25) is 0 Å². The van der Waals surface area contributed by atoms with E-state index in [1.54, 1.807) is 0 Å². The molecule has 0 aliphatic rings. The maximum atomic E-state index is 12.8. The van der Waals surface area contributed by atoms with Crippen LogP contribution in [-0.2, 0) is 4.57 Å². The largest absolute Gasteiger partial charge is 1.00 e. The number of quaternary nitrogens is 1. The second-order valence-corrected chi connectivity index (χ2v) is 8.91. The van der Waals surface area contributed by atoms with Gasteiger partial charge in [-0.25, -0.2) is 14.0 Å². The van der Waals surface area contributed by atoms with E-state index in [0.717, 1.165) is 17.6 Å². The maximum absolute atomic E-state index is 12.8. The number of halogens is 1. The van der Waals surface area contributed by atoms with Crippen LogP contribution in [0.5, 0.6) is 0 Å². The predicted octanol–water partition coefficient (Wildman–Crippen LogP) is -2.14. The molecular weight excluding hydrogens is 350 g/mol. The van der Waals surface area contributed by atoms with Gasteiger partial charge in [0.1, 0.15) is 0 Å². The van der Waals surface area contributed by atoms with Crippen LogP contribution in [0.15, 0.2) is 0 Å². The second kappa shape index (κ2) is 7.40. The first-order valence-corrected chi connectivity index (χ1v) is 7.06. The standard InChI is InChI=1S/C10H28N4OP.HI/c1-11(2)16(15,12(3)4)13(5)9-10-14(6,7)8;/h9-10H2,1-8H3;1H/q+1;/p-1. The Morgan fingerprint density at radius 3 is 1.53 bits per heavy atom. The van der Waals surface area contributed by atoms with Gasteiger partial charge in [-0.2, -0.15) is 0 Å². The zero-order chi connectivity index (χ0) is 13.1. The summed E-state index contributed by atoms with van der Waals surface area (Å²) in [6.07, 6.45) is 0. The molecule has 5 nitrogen and oxygen atoms in total. The Balaban J connectivity index is 0. The van der Waals surface area contributed by atoms with E-state index in [0.29, 0.717) is 0 Å². The van der Waals surface area contributed by atoms with Crippen molar-refractivity contribution in [1.29, 1.82) is 0 Å². The van der Waals surface area contributed by atoms with Crippen molar-refractivity contribution in [3.63, 3.8) is 0 Å². The summed E-state index contributed by atoms with van der Waals surface area (Å²) in [7, 11) is 13.3. The fraction of sp³-hybridized carbons (Fsp3) is 1.00. The lowest BCUT2D eigenvalue weighted by Gasteiger charge is -2.38. The van der Waals surface area contributed by atoms with Gasteiger partial charge < -0.3 is 28.5 Å². The molecule has 106 valence electrons. The summed E-state index contributed by atoms with van der Waals surface area (Å²) in [6, 6.07) is 0. The summed E-state index contributed by atoms with van der Waals surface area (Å²) in [5.74, 6) is 0. The van der Waals surface area contributed by atoms with Crippen molar-refractivity contribution in [2.24, 2.45) is 0 Å². The molecule has 0 atom stereocenters. The molecule has 0 rings (SSSR count). The van der Waals surface area contributed by atoms with Crippen molar-refractivity contribution in [1.82, 2.24) is 14.0 Å². The Labute approximate surface area is 124 Å². The van der Waals surface area contributed by atoms with E-state index >= 15 is 0 Å². The van der Waals surface area contributed by atoms with E-state index in [1.165, 1.54) is 0 Å². The third-order valence-electron chi connectivity index (χ3n) is 2.58. The average Bonchev–Trinajstić information content (AvgIpc) is 2.10. The molecule has 0 fully saturated rings. The normalized spacial score (nSPS) is 13.4. The van der Waals surface area contributed by atoms with E-state index in [2.05, 4.69) is 21.1 Å². The van der Waals surface area contributed by atoms with Crippen molar-refractivity contribution >= 4 is 7.59 Å². The van der Waals surface area contributed by atoms with E-state index < -0.39 is 7.59 Å². The molecule has 0 aromatic rings. The van der Waals surface area contributed by atoms with Gasteiger partial charge in [0.25, 0.3) is 7.59 Å². The third kappa shape index (κ3) is 5.98. The quantitative estimate of drug-likeness (QED) is 0.300. The lowest BCUT2D eigenvalue weighted by Crippen LogP contribution is -3.00. The van der Waals surface area contributed by atoms with Gasteiger partial charge >= 0.3 is 0 Å². The van der Waals surface area contributed by atoms with Crippen LogP contribution in [0.4, 0.5) is 0 Å². The Morgan fingerprint density at radius 1 is 0.941 bits per heavy atom. The monoisotopic (exact) mass is 378 g/mol. The van der Waals surface area contributed by atoms with Crippen LogP contribution >= 0.6 is 7.59 Å². The number of rotatable bonds is 6. The fourth-order valence-electron chi connectivity index (χ4n) is 1.54. The Bertz CT molecular complexity index is 254. The first kappa shape index (κ1) is 20.1. The highest BCUT2D eigenvalue weighted by molar-refractivity contribution is 7.56. The van der Waals surface area contributed by atoms with Crippen LogP contribution in [0, 0.1) is 0 Å². The van der Waals surface area contributed by atoms with Gasteiger partial charge in [-0.15, -0.1) is 0 Å². The number of nitrogens with zero attached hydrogens (tertiary/aromatic N) is 4. The van der Waals surface area contributed by atoms with Gasteiger partial charge in [0.2, 0.25) is 0 Å². The van der Waals surface area contributed by atoms with Crippen LogP contribution < -0.4 is 24.0 Å². The molecule has 0 aromatic heterocycles. The highest BCUT2D eigenvalue weighted by Gasteiger charge is 2.33. The molecule has 17 heavy (non-hydrogen) atoms. The van der Waals surface area contributed by atoms with Gasteiger partial charge in [-0.1, -0.05) is 0 Å². The second-order valence-electron chi connectivity index (χ2n) is 5.60. The highest BCUT2D eigenvalue weighted by atomic mass is 127. The van der Waals surface area contributed by atoms with E-state index in [9.17, 15) is 4.57 Å². The van der Waals surface area contributed by atoms with Gasteiger partial charge in [-0.05, 0) is 35.2 Å². The number of hydrogen-bond acceptors (Lipinski definition) is 1. The molecule has 7 heteroatoms. The Kier molecular flexibility index (Phi) is 8.76. The lowest BCUT2D eigenvalue weighted by molar-refractivity contribution is -0.869. The van der Waals surface area contributed by atoms with E-state index in [1.807, 2.05) is 49.2 Å². The molecular formula is C10H28IN4OP. The Hall–Kier alpha value is 0.800. The minimum absolute atomic E-state index is 0. The summed E-state index contributed by atoms with van der Waals surface area (Å²) < 4.78 is 19.3. The smallest absolute Gasteiger partial charge is 0.285 e. The lowest BCUT2D eigenvalue weighted by atomic mass is 10.5. The van der Waals surface area contributed by atoms with Gasteiger partial charge in [-0.3, -0.25) is 4.57 Å². The van der Waals surface area contributed by atoms with Gasteiger partial charge in [0.15, 0.2) is 0 Å². The third-order valence-corrected chi connectivity index (χ3v) is 5.76. The molecule has 0 bridgehead atoms. The number of hydrogen-bond donors (Lipinski definition) is 0. The molecule has 0 spiro atoms. The summed E-state index contributed by atoms with van der Waals surface area (Å²) >= 11 is 0. The molecule has 0 saturated carbocycles. The summed E-state index contributed by atoms with van der Waals surface area (Å²) in [5, 5.41) is 0. The Morgan fingerprint density at radius 2 is 1.29 bits per heavy atom. The predicted molar refractivity (Wildman–Crippen MR) is 70.5 cm³/mol. The van der Waals surface area contributed by atoms with Gasteiger partial charge in [0.05, 0.1) is 34.2 Å². The minimum Gasteiger partial charge on any atom is -1.00 e. The summed E-state index contributed by atoms with van der Waals surface area (Å²) in [6.45, 7) is 1.79. The fourth-order valence-corrected chi connectivity index (χ4v) is 3.83. The molecule has 0 aliphatic heterocycles. The van der Waals surface area contributed by atoms with Crippen molar-refractivity contribution in [3.8, 4) is 0 Å². The summed E-state index contributed by atoms with van der Waals surface area (Å²) in [4.78, 5) is 0. The van der Waals surface area contributed by atoms with Crippen LogP contribution in [-0.4, -0.2) is 88.0 Å². The van der Waals surface area contributed by atoms with Gasteiger partial charge in [0, 0.05) is 0 Å². The average molecular weight is 378 g/mol. The molecule has 0 radical (unpaired) electrons. The molecule has 0 amide bonds. The molecule has 0 N–H and O–H groups in total. The van der Waals surface area contributed by atoms with E-state index in [-0.39, 0.29) is 24.0 Å². The topological polar surface area (TPSA) is 26.8 Å². The minimum atomic E-state index is -2.55. The maximum Gasteiger partial charge on any atom is 0.285 e. The van der Waals surface area contributed by atoms with Crippen LogP contribution in [0.3, 0.4) is 0 Å². The SMILES string of the molecule is CN(C)P(=O)(N(C)C)N(C)CC[N+](C)(C)C.[I-]. The number of likely N-dealkylation sites (N-methyl/N-ethyl adjacent to an activating group) is 2. The van der Waals surface area contributed by atoms with Crippen molar-refractivity contribution < 1.29 is 33.0 Å². The molecule has 0 heterocycles. The van der Waals surface area contributed by atoms with Crippen molar-refractivity contribution in [3.05, 3.63) is 0 Å². The van der Waals surface area contributed by atoms with Crippen LogP contribution in [0.25, 0.3) is 0 Å². The molecule has 0 saturated heterocycles. The first-order chi connectivity index (χ1) is 7.01. The summed E-state index contributed by atoms with van der Waals surface area (Å²) in [5.41, 5.74) is 0. The first-order valence-electron chi connectivity index (χ1n) is 5.49.